The molecule has 1 saturated heterocycles. The lowest BCUT2D eigenvalue weighted by Gasteiger charge is -2.20. The predicted octanol–water partition coefficient (Wildman–Crippen LogP) is 1.20. The van der Waals surface area contributed by atoms with E-state index in [1.165, 1.54) is 0 Å². The van der Waals surface area contributed by atoms with Gasteiger partial charge in [0, 0.05) is 12.6 Å². The fourth-order valence-electron chi connectivity index (χ4n) is 1.43. The molecule has 0 N–H and O–H groups in total. The van der Waals surface area contributed by atoms with Gasteiger partial charge in [0.1, 0.15) is 5.78 Å². The minimum Gasteiger partial charge on any atom is -0.380 e. The summed E-state index contributed by atoms with van der Waals surface area (Å²) in [5.41, 5.74) is 0.648. The number of halogens is 1. The van der Waals surface area contributed by atoms with Crippen molar-refractivity contribution < 1.29 is 9.53 Å². The molecule has 1 atom stereocenters. The molecule has 14 heavy (non-hydrogen) atoms. The molecule has 0 spiro atoms. The highest BCUT2D eigenvalue weighted by atomic mass is 35.5. The van der Waals surface area contributed by atoms with Crippen LogP contribution in [-0.2, 0) is 9.53 Å². The van der Waals surface area contributed by atoms with Crippen LogP contribution < -0.4 is 0 Å². The van der Waals surface area contributed by atoms with Gasteiger partial charge in [-0.15, -0.1) is 0 Å². The van der Waals surface area contributed by atoms with Gasteiger partial charge in [-0.05, 0) is 17.7 Å². The Morgan fingerprint density at radius 2 is 2.43 bits per heavy atom. The van der Waals surface area contributed by atoms with Crippen LogP contribution in [0.2, 0.25) is 5.28 Å². The maximum absolute atomic E-state index is 11.5. The minimum atomic E-state index is -0.274. The van der Waals surface area contributed by atoms with Gasteiger partial charge < -0.3 is 4.74 Å². The molecule has 0 saturated carbocycles. The summed E-state index contributed by atoms with van der Waals surface area (Å²) >= 11 is 5.64. The monoisotopic (exact) mass is 212 g/mol. The van der Waals surface area contributed by atoms with Crippen molar-refractivity contribution in [2.75, 3.05) is 13.2 Å². The molecular formula is C9H9ClN2O2. The predicted molar refractivity (Wildman–Crippen MR) is 50.2 cm³/mol. The molecular weight excluding hydrogens is 204 g/mol. The largest absolute Gasteiger partial charge is 0.380 e. The summed E-state index contributed by atoms with van der Waals surface area (Å²) in [7, 11) is 0. The van der Waals surface area contributed by atoms with E-state index in [-0.39, 0.29) is 17.0 Å². The van der Waals surface area contributed by atoms with Crippen LogP contribution in [0.1, 0.15) is 18.0 Å². The Bertz CT molecular complexity index is 356. The molecule has 5 heteroatoms. The first-order valence-corrected chi connectivity index (χ1v) is 4.74. The number of aromatic nitrogens is 2. The highest BCUT2D eigenvalue weighted by Crippen LogP contribution is 2.20. The molecule has 4 nitrogen and oxygen atoms in total. The van der Waals surface area contributed by atoms with Crippen molar-refractivity contribution in [3.8, 4) is 0 Å². The number of Topliss-reactive ketones (excluding diaryl/α,β-unsaturated/α-hetero) is 1. The Hall–Kier alpha value is -1.000. The summed E-state index contributed by atoms with van der Waals surface area (Å²) in [6.45, 7) is 0.903. The zero-order valence-corrected chi connectivity index (χ0v) is 8.20. The molecule has 1 aliphatic heterocycles. The summed E-state index contributed by atoms with van der Waals surface area (Å²) < 4.78 is 5.22. The van der Waals surface area contributed by atoms with Gasteiger partial charge in [-0.1, -0.05) is 0 Å². The van der Waals surface area contributed by atoms with Gasteiger partial charge in [-0.2, -0.15) is 0 Å². The summed E-state index contributed by atoms with van der Waals surface area (Å²) in [6, 6.07) is 1.70. The smallest absolute Gasteiger partial charge is 0.222 e. The van der Waals surface area contributed by atoms with Gasteiger partial charge in [0.15, 0.2) is 0 Å². The van der Waals surface area contributed by atoms with Crippen molar-refractivity contribution >= 4 is 17.4 Å². The molecule has 1 aliphatic rings. The van der Waals surface area contributed by atoms with E-state index in [0.29, 0.717) is 25.3 Å². The van der Waals surface area contributed by atoms with Crippen molar-refractivity contribution in [1.29, 1.82) is 0 Å². The molecule has 0 bridgehead atoms. The highest BCUT2D eigenvalue weighted by Gasteiger charge is 2.25. The first-order chi connectivity index (χ1) is 6.77. The SMILES string of the molecule is O=C1CCOCC1c1ccnc(Cl)n1. The molecule has 0 radical (unpaired) electrons. The maximum atomic E-state index is 11.5. The Balaban J connectivity index is 2.24. The summed E-state index contributed by atoms with van der Waals surface area (Å²) in [4.78, 5) is 19.3. The van der Waals surface area contributed by atoms with Crippen LogP contribution in [0.3, 0.4) is 0 Å². The fraction of sp³-hybridized carbons (Fsp3) is 0.444. The molecule has 1 unspecified atom stereocenters. The topological polar surface area (TPSA) is 52.1 Å². The number of nitrogens with zero attached hydrogens (tertiary/aromatic N) is 2. The molecule has 2 heterocycles. The van der Waals surface area contributed by atoms with Crippen molar-refractivity contribution in [2.24, 2.45) is 0 Å². The summed E-state index contributed by atoms with van der Waals surface area (Å²) in [6.07, 6.45) is 2.00. The van der Waals surface area contributed by atoms with Crippen LogP contribution in [0.25, 0.3) is 0 Å². The van der Waals surface area contributed by atoms with Crippen molar-refractivity contribution in [1.82, 2.24) is 9.97 Å². The van der Waals surface area contributed by atoms with Crippen molar-refractivity contribution in [2.45, 2.75) is 12.3 Å². The quantitative estimate of drug-likeness (QED) is 0.657. The third-order valence-corrected chi connectivity index (χ3v) is 2.35. The molecule has 0 amide bonds. The molecule has 1 fully saturated rings. The van der Waals surface area contributed by atoms with E-state index >= 15 is 0 Å². The van der Waals surface area contributed by atoms with Crippen LogP contribution in [-0.4, -0.2) is 29.0 Å². The normalized spacial score (nSPS) is 22.4. The zero-order valence-electron chi connectivity index (χ0n) is 7.44. The van der Waals surface area contributed by atoms with Gasteiger partial charge in [0.05, 0.1) is 24.8 Å². The van der Waals surface area contributed by atoms with E-state index < -0.39 is 0 Å². The van der Waals surface area contributed by atoms with Gasteiger partial charge in [0.2, 0.25) is 5.28 Å². The molecule has 2 rings (SSSR count). The first kappa shape index (κ1) is 9.55. The second kappa shape index (κ2) is 4.02. The number of carbonyl (C=O) groups excluding carboxylic acids is 1. The van der Waals surface area contributed by atoms with Crippen molar-refractivity contribution in [3.63, 3.8) is 0 Å². The standard InChI is InChI=1S/C9H9ClN2O2/c10-9-11-3-1-7(12-9)6-5-14-4-2-8(6)13/h1,3,6H,2,4-5H2. The third-order valence-electron chi connectivity index (χ3n) is 2.17. The molecule has 0 aliphatic carbocycles. The Morgan fingerprint density at radius 3 is 3.14 bits per heavy atom. The number of ketones is 1. The van der Waals surface area contributed by atoms with E-state index in [2.05, 4.69) is 9.97 Å². The maximum Gasteiger partial charge on any atom is 0.222 e. The highest BCUT2D eigenvalue weighted by molar-refractivity contribution is 6.28. The lowest BCUT2D eigenvalue weighted by molar-refractivity contribution is -0.126. The van der Waals surface area contributed by atoms with Crippen LogP contribution in [0.4, 0.5) is 0 Å². The summed E-state index contributed by atoms with van der Waals surface area (Å²) in [5.74, 6) is -0.115. The zero-order chi connectivity index (χ0) is 9.97. The second-order valence-corrected chi connectivity index (χ2v) is 3.43. The number of rotatable bonds is 1. The number of hydrogen-bond donors (Lipinski definition) is 0. The number of hydrogen-bond acceptors (Lipinski definition) is 4. The average Bonchev–Trinajstić information content (AvgIpc) is 2.18. The van der Waals surface area contributed by atoms with Gasteiger partial charge >= 0.3 is 0 Å². The van der Waals surface area contributed by atoms with E-state index in [1.54, 1.807) is 12.3 Å². The number of carbonyl (C=O) groups is 1. The number of ether oxygens (including phenoxy) is 1. The van der Waals surface area contributed by atoms with Crippen LogP contribution in [0.5, 0.6) is 0 Å². The van der Waals surface area contributed by atoms with E-state index in [1.807, 2.05) is 0 Å². The Kier molecular flexibility index (Phi) is 2.74. The molecule has 0 aromatic carbocycles. The van der Waals surface area contributed by atoms with Crippen LogP contribution in [0.15, 0.2) is 12.3 Å². The van der Waals surface area contributed by atoms with Crippen LogP contribution >= 0.6 is 11.6 Å². The lowest BCUT2D eigenvalue weighted by atomic mass is 9.97. The second-order valence-electron chi connectivity index (χ2n) is 3.09. The van der Waals surface area contributed by atoms with Crippen LogP contribution in [0, 0.1) is 0 Å². The van der Waals surface area contributed by atoms with Gasteiger partial charge in [-0.25, -0.2) is 9.97 Å². The van der Waals surface area contributed by atoms with E-state index in [0.717, 1.165) is 0 Å². The van der Waals surface area contributed by atoms with Gasteiger partial charge in [-0.3, -0.25) is 4.79 Å². The molecule has 74 valence electrons. The van der Waals surface area contributed by atoms with Gasteiger partial charge in [0.25, 0.3) is 0 Å². The average molecular weight is 213 g/mol. The summed E-state index contributed by atoms with van der Waals surface area (Å²) in [5, 5.41) is 0.167. The third kappa shape index (κ3) is 1.91. The van der Waals surface area contributed by atoms with E-state index in [4.69, 9.17) is 16.3 Å². The van der Waals surface area contributed by atoms with E-state index in [9.17, 15) is 4.79 Å². The Labute approximate surface area is 86.3 Å². The molecule has 1 aromatic rings. The molecule has 1 aromatic heterocycles. The lowest BCUT2D eigenvalue weighted by Crippen LogP contribution is -2.26. The minimum absolute atomic E-state index is 0.158. The van der Waals surface area contributed by atoms with Crippen molar-refractivity contribution in [3.05, 3.63) is 23.2 Å². The Morgan fingerprint density at radius 1 is 1.57 bits per heavy atom. The fourth-order valence-corrected chi connectivity index (χ4v) is 1.59. The first-order valence-electron chi connectivity index (χ1n) is 4.36.